The molecule has 0 N–H and O–H groups in total. The molecule has 0 saturated carbocycles. The Morgan fingerprint density at radius 2 is 1.94 bits per heavy atom. The summed E-state index contributed by atoms with van der Waals surface area (Å²) in [4.78, 5) is 0. The lowest BCUT2D eigenvalue weighted by molar-refractivity contribution is 0.101. The van der Waals surface area contributed by atoms with Crippen LogP contribution in [-0.4, -0.2) is 21.3 Å². The molecule has 1 aromatic carbocycles. The third-order valence-electron chi connectivity index (χ3n) is 2.90. The molecule has 0 heterocycles. The summed E-state index contributed by atoms with van der Waals surface area (Å²) < 4.78 is 16.2. The quantitative estimate of drug-likeness (QED) is 0.784. The second-order valence-electron chi connectivity index (χ2n) is 3.65. The van der Waals surface area contributed by atoms with Gasteiger partial charge in [0.15, 0.2) is 0 Å². The zero-order valence-electron chi connectivity index (χ0n) is 9.82. The third-order valence-corrected chi connectivity index (χ3v) is 2.90. The minimum Gasteiger partial charge on any atom is -0.496 e. The summed E-state index contributed by atoms with van der Waals surface area (Å²) in [5.74, 6) is 1.74. The standard InChI is InChI=1S/C13H16O3/c1-14-10-7-8-12(16-3)13-9(10)5-4-6-11(13)15-2/h4-7,12H,8H2,1-3H3. The van der Waals surface area contributed by atoms with Crippen LogP contribution in [0.2, 0.25) is 0 Å². The molecular weight excluding hydrogens is 204 g/mol. The van der Waals surface area contributed by atoms with Gasteiger partial charge < -0.3 is 14.2 Å². The highest BCUT2D eigenvalue weighted by Crippen LogP contribution is 2.40. The average Bonchev–Trinajstić information content (AvgIpc) is 2.36. The number of ether oxygens (including phenoxy) is 3. The van der Waals surface area contributed by atoms with Crippen LogP contribution in [0.1, 0.15) is 23.7 Å². The molecule has 0 amide bonds. The van der Waals surface area contributed by atoms with Crippen molar-refractivity contribution >= 4 is 5.76 Å². The number of hydrogen-bond donors (Lipinski definition) is 0. The van der Waals surface area contributed by atoms with Crippen LogP contribution >= 0.6 is 0 Å². The maximum absolute atomic E-state index is 5.47. The van der Waals surface area contributed by atoms with Gasteiger partial charge in [-0.3, -0.25) is 0 Å². The van der Waals surface area contributed by atoms with E-state index in [9.17, 15) is 0 Å². The van der Waals surface area contributed by atoms with Crippen molar-refractivity contribution in [2.75, 3.05) is 21.3 Å². The lowest BCUT2D eigenvalue weighted by Crippen LogP contribution is -2.11. The van der Waals surface area contributed by atoms with Crippen molar-refractivity contribution in [3.05, 3.63) is 35.4 Å². The SMILES string of the molecule is COC1=CCC(OC)c2c(OC)cccc21. The van der Waals surface area contributed by atoms with Crippen molar-refractivity contribution in [3.8, 4) is 5.75 Å². The van der Waals surface area contributed by atoms with Crippen molar-refractivity contribution in [1.82, 2.24) is 0 Å². The molecule has 1 atom stereocenters. The summed E-state index contributed by atoms with van der Waals surface area (Å²) in [6.45, 7) is 0. The number of benzene rings is 1. The monoisotopic (exact) mass is 220 g/mol. The molecule has 0 spiro atoms. The molecule has 0 fully saturated rings. The Bertz CT molecular complexity index is 410. The summed E-state index contributed by atoms with van der Waals surface area (Å²) in [5, 5.41) is 0. The van der Waals surface area contributed by atoms with E-state index in [1.807, 2.05) is 18.2 Å². The first-order valence-corrected chi connectivity index (χ1v) is 5.26. The van der Waals surface area contributed by atoms with E-state index >= 15 is 0 Å². The summed E-state index contributed by atoms with van der Waals surface area (Å²) in [7, 11) is 5.07. The molecule has 86 valence electrons. The van der Waals surface area contributed by atoms with Crippen molar-refractivity contribution in [1.29, 1.82) is 0 Å². The van der Waals surface area contributed by atoms with Gasteiger partial charge in [-0.05, 0) is 18.6 Å². The van der Waals surface area contributed by atoms with E-state index in [2.05, 4.69) is 6.08 Å². The van der Waals surface area contributed by atoms with Crippen LogP contribution in [0.5, 0.6) is 5.75 Å². The van der Waals surface area contributed by atoms with Crippen molar-refractivity contribution in [2.45, 2.75) is 12.5 Å². The zero-order valence-corrected chi connectivity index (χ0v) is 9.82. The number of hydrogen-bond acceptors (Lipinski definition) is 3. The maximum atomic E-state index is 5.47. The average molecular weight is 220 g/mol. The fourth-order valence-corrected chi connectivity index (χ4v) is 2.12. The Labute approximate surface area is 95.6 Å². The van der Waals surface area contributed by atoms with Crippen molar-refractivity contribution in [2.24, 2.45) is 0 Å². The summed E-state index contributed by atoms with van der Waals surface area (Å²) in [5.41, 5.74) is 2.13. The second kappa shape index (κ2) is 4.58. The van der Waals surface area contributed by atoms with Crippen molar-refractivity contribution in [3.63, 3.8) is 0 Å². The zero-order chi connectivity index (χ0) is 11.5. The third kappa shape index (κ3) is 1.67. The van der Waals surface area contributed by atoms with Gasteiger partial charge in [-0.2, -0.15) is 0 Å². The molecule has 0 radical (unpaired) electrons. The minimum absolute atomic E-state index is 0.0463. The largest absolute Gasteiger partial charge is 0.496 e. The van der Waals surface area contributed by atoms with Crippen LogP contribution in [-0.2, 0) is 9.47 Å². The predicted molar refractivity (Wildman–Crippen MR) is 62.3 cm³/mol. The Hall–Kier alpha value is -1.48. The van der Waals surface area contributed by atoms with Gasteiger partial charge in [-0.1, -0.05) is 12.1 Å². The molecule has 1 unspecified atom stereocenters. The van der Waals surface area contributed by atoms with Gasteiger partial charge in [0.05, 0.1) is 20.3 Å². The molecule has 1 aromatic rings. The van der Waals surface area contributed by atoms with E-state index in [4.69, 9.17) is 14.2 Å². The van der Waals surface area contributed by atoms with Crippen LogP contribution in [0.15, 0.2) is 24.3 Å². The number of methoxy groups -OCH3 is 3. The first-order valence-electron chi connectivity index (χ1n) is 5.26. The molecule has 1 aliphatic carbocycles. The molecule has 1 aliphatic rings. The lowest BCUT2D eigenvalue weighted by atomic mass is 9.92. The number of fused-ring (bicyclic) bond motifs is 1. The smallest absolute Gasteiger partial charge is 0.125 e. The molecule has 0 saturated heterocycles. The van der Waals surface area contributed by atoms with Gasteiger partial charge in [0.2, 0.25) is 0 Å². The highest BCUT2D eigenvalue weighted by molar-refractivity contribution is 5.68. The van der Waals surface area contributed by atoms with E-state index in [0.29, 0.717) is 0 Å². The summed E-state index contributed by atoms with van der Waals surface area (Å²) in [6.07, 6.45) is 2.91. The summed E-state index contributed by atoms with van der Waals surface area (Å²) >= 11 is 0. The van der Waals surface area contributed by atoms with E-state index in [1.54, 1.807) is 21.3 Å². The van der Waals surface area contributed by atoms with Crippen molar-refractivity contribution < 1.29 is 14.2 Å². The van der Waals surface area contributed by atoms with Crippen LogP contribution in [0.4, 0.5) is 0 Å². The molecule has 0 aliphatic heterocycles. The molecule has 3 nitrogen and oxygen atoms in total. The Balaban J connectivity index is 2.56. The maximum Gasteiger partial charge on any atom is 0.125 e. The first-order chi connectivity index (χ1) is 7.81. The normalized spacial score (nSPS) is 18.7. The van der Waals surface area contributed by atoms with Gasteiger partial charge in [0, 0.05) is 18.2 Å². The topological polar surface area (TPSA) is 27.7 Å². The molecule has 16 heavy (non-hydrogen) atoms. The molecular formula is C13H16O3. The second-order valence-corrected chi connectivity index (χ2v) is 3.65. The highest BCUT2D eigenvalue weighted by atomic mass is 16.5. The predicted octanol–water partition coefficient (Wildman–Crippen LogP) is 2.77. The fraction of sp³-hybridized carbons (Fsp3) is 0.385. The van der Waals surface area contributed by atoms with Gasteiger partial charge in [0.1, 0.15) is 11.5 Å². The van der Waals surface area contributed by atoms with Crippen LogP contribution in [0.25, 0.3) is 5.76 Å². The molecule has 3 heteroatoms. The Morgan fingerprint density at radius 1 is 1.12 bits per heavy atom. The van der Waals surface area contributed by atoms with Crippen LogP contribution in [0, 0.1) is 0 Å². The van der Waals surface area contributed by atoms with Gasteiger partial charge >= 0.3 is 0 Å². The molecule has 0 aromatic heterocycles. The minimum atomic E-state index is 0.0463. The molecule has 0 bridgehead atoms. The van der Waals surface area contributed by atoms with E-state index in [-0.39, 0.29) is 6.10 Å². The van der Waals surface area contributed by atoms with E-state index in [0.717, 1.165) is 29.1 Å². The van der Waals surface area contributed by atoms with Crippen LogP contribution < -0.4 is 4.74 Å². The lowest BCUT2D eigenvalue weighted by Gasteiger charge is -2.25. The molecule has 2 rings (SSSR count). The Morgan fingerprint density at radius 3 is 2.56 bits per heavy atom. The van der Waals surface area contributed by atoms with Gasteiger partial charge in [-0.15, -0.1) is 0 Å². The Kier molecular flexibility index (Phi) is 3.15. The number of rotatable bonds is 3. The van der Waals surface area contributed by atoms with Crippen LogP contribution in [0.3, 0.4) is 0 Å². The van der Waals surface area contributed by atoms with Gasteiger partial charge in [-0.25, -0.2) is 0 Å². The fourth-order valence-electron chi connectivity index (χ4n) is 2.12. The van der Waals surface area contributed by atoms with E-state index < -0.39 is 0 Å². The summed E-state index contributed by atoms with van der Waals surface area (Å²) in [6, 6.07) is 5.93. The van der Waals surface area contributed by atoms with Gasteiger partial charge in [0.25, 0.3) is 0 Å². The first kappa shape index (κ1) is 11.0. The van der Waals surface area contributed by atoms with E-state index in [1.165, 1.54) is 0 Å². The highest BCUT2D eigenvalue weighted by Gasteiger charge is 2.25.